The number of rotatable bonds is 2. The molecule has 1 aliphatic heterocycles. The van der Waals surface area contributed by atoms with Gasteiger partial charge in [0.1, 0.15) is 6.07 Å². The molecule has 92 valence electrons. The van der Waals surface area contributed by atoms with Gasteiger partial charge in [-0.2, -0.15) is 10.5 Å². The average Bonchev–Trinajstić information content (AvgIpc) is 2.39. The quantitative estimate of drug-likeness (QED) is 0.853. The molecule has 4 nitrogen and oxygen atoms in total. The van der Waals surface area contributed by atoms with Gasteiger partial charge in [0.25, 0.3) is 0 Å². The van der Waals surface area contributed by atoms with Gasteiger partial charge in [0.2, 0.25) is 0 Å². The molecule has 0 radical (unpaired) electrons. The molecule has 1 aromatic carbocycles. The van der Waals surface area contributed by atoms with Gasteiger partial charge in [0, 0.05) is 19.1 Å². The summed E-state index contributed by atoms with van der Waals surface area (Å²) in [5.41, 5.74) is 1.61. The van der Waals surface area contributed by atoms with E-state index in [1.54, 1.807) is 0 Å². The molecule has 1 heterocycles. The van der Waals surface area contributed by atoms with E-state index in [9.17, 15) is 5.26 Å². The highest BCUT2D eigenvalue weighted by Gasteiger charge is 2.28. The van der Waals surface area contributed by atoms with Gasteiger partial charge in [-0.15, -0.1) is 0 Å². The summed E-state index contributed by atoms with van der Waals surface area (Å²) in [4.78, 5) is 2.21. The standard InChI is InChI=1S/C14H16N4/c1-11-9-17-10-13(6-7-15)18(11)14-5-3-2-4-12(14)8-16/h2-5,11,13,17H,6,9-10H2,1H3. The largest absolute Gasteiger partial charge is 0.361 e. The number of anilines is 1. The Bertz CT molecular complexity index is 497. The van der Waals surface area contributed by atoms with Crippen molar-refractivity contribution in [2.75, 3.05) is 18.0 Å². The molecule has 0 spiro atoms. The van der Waals surface area contributed by atoms with Crippen molar-refractivity contribution in [3.63, 3.8) is 0 Å². The molecule has 1 N–H and O–H groups in total. The predicted molar refractivity (Wildman–Crippen MR) is 70.0 cm³/mol. The van der Waals surface area contributed by atoms with Crippen molar-refractivity contribution < 1.29 is 0 Å². The summed E-state index contributed by atoms with van der Waals surface area (Å²) < 4.78 is 0. The van der Waals surface area contributed by atoms with Crippen molar-refractivity contribution in [3.8, 4) is 12.1 Å². The number of para-hydroxylation sites is 1. The van der Waals surface area contributed by atoms with Crippen LogP contribution in [0.25, 0.3) is 0 Å². The summed E-state index contributed by atoms with van der Waals surface area (Å²) in [6.45, 7) is 3.78. The predicted octanol–water partition coefficient (Wildman–Crippen LogP) is 1.64. The Morgan fingerprint density at radius 1 is 1.33 bits per heavy atom. The highest BCUT2D eigenvalue weighted by molar-refractivity contribution is 5.61. The normalized spacial score (nSPS) is 23.2. The Hall–Kier alpha value is -2.04. The maximum atomic E-state index is 9.19. The molecule has 2 rings (SSSR count). The molecule has 0 amide bonds. The highest BCUT2D eigenvalue weighted by Crippen LogP contribution is 2.26. The molecule has 2 unspecified atom stereocenters. The Morgan fingerprint density at radius 2 is 2.11 bits per heavy atom. The minimum absolute atomic E-state index is 0.133. The molecule has 0 saturated carbocycles. The number of hydrogen-bond acceptors (Lipinski definition) is 4. The lowest BCUT2D eigenvalue weighted by Crippen LogP contribution is -2.56. The Labute approximate surface area is 107 Å². The van der Waals surface area contributed by atoms with Crippen LogP contribution in [-0.2, 0) is 0 Å². The van der Waals surface area contributed by atoms with Crippen LogP contribution in [-0.4, -0.2) is 25.2 Å². The minimum atomic E-state index is 0.133. The summed E-state index contributed by atoms with van der Waals surface area (Å²) in [5.74, 6) is 0. The van der Waals surface area contributed by atoms with Crippen LogP contribution in [0.3, 0.4) is 0 Å². The molecule has 1 fully saturated rings. The minimum Gasteiger partial charge on any atom is -0.361 e. The first-order chi connectivity index (χ1) is 8.77. The van der Waals surface area contributed by atoms with Gasteiger partial charge < -0.3 is 10.2 Å². The summed E-state index contributed by atoms with van der Waals surface area (Å²) in [6.07, 6.45) is 0.469. The number of hydrogen-bond donors (Lipinski definition) is 1. The third-order valence-corrected chi connectivity index (χ3v) is 3.32. The van der Waals surface area contributed by atoms with E-state index in [4.69, 9.17) is 5.26 Å². The fourth-order valence-corrected chi connectivity index (χ4v) is 2.52. The van der Waals surface area contributed by atoms with Gasteiger partial charge in [-0.25, -0.2) is 0 Å². The zero-order chi connectivity index (χ0) is 13.0. The number of nitrogens with one attached hydrogen (secondary N) is 1. The van der Waals surface area contributed by atoms with Crippen LogP contribution in [0.1, 0.15) is 18.9 Å². The maximum absolute atomic E-state index is 9.19. The van der Waals surface area contributed by atoms with Crippen LogP contribution >= 0.6 is 0 Å². The summed E-state index contributed by atoms with van der Waals surface area (Å²) in [5, 5.41) is 21.5. The lowest BCUT2D eigenvalue weighted by molar-refractivity contribution is 0.417. The van der Waals surface area contributed by atoms with Crippen molar-refractivity contribution in [3.05, 3.63) is 29.8 Å². The number of nitrogens with zero attached hydrogens (tertiary/aromatic N) is 3. The topological polar surface area (TPSA) is 62.9 Å². The first-order valence-corrected chi connectivity index (χ1v) is 6.13. The molecular formula is C14H16N4. The molecule has 4 heteroatoms. The van der Waals surface area contributed by atoms with E-state index in [1.165, 1.54) is 0 Å². The molecular weight excluding hydrogens is 224 g/mol. The molecule has 0 aliphatic carbocycles. The molecule has 18 heavy (non-hydrogen) atoms. The number of nitriles is 2. The molecule has 0 bridgehead atoms. The van der Waals surface area contributed by atoms with E-state index in [0.717, 1.165) is 18.8 Å². The Morgan fingerprint density at radius 3 is 2.83 bits per heavy atom. The molecule has 0 aromatic heterocycles. The summed E-state index contributed by atoms with van der Waals surface area (Å²) >= 11 is 0. The first kappa shape index (κ1) is 12.4. The van der Waals surface area contributed by atoms with Crippen LogP contribution in [0, 0.1) is 22.7 Å². The monoisotopic (exact) mass is 240 g/mol. The van der Waals surface area contributed by atoms with Crippen LogP contribution in [0.4, 0.5) is 5.69 Å². The Kier molecular flexibility index (Phi) is 3.82. The first-order valence-electron chi connectivity index (χ1n) is 6.13. The number of piperazine rings is 1. The zero-order valence-electron chi connectivity index (χ0n) is 10.4. The van der Waals surface area contributed by atoms with Crippen LogP contribution in [0.2, 0.25) is 0 Å². The summed E-state index contributed by atoms with van der Waals surface area (Å²) in [6, 6.07) is 12.5. The third-order valence-electron chi connectivity index (χ3n) is 3.32. The second-order valence-corrected chi connectivity index (χ2v) is 4.56. The number of benzene rings is 1. The van der Waals surface area contributed by atoms with Gasteiger partial charge in [-0.1, -0.05) is 12.1 Å². The fraction of sp³-hybridized carbons (Fsp3) is 0.429. The van der Waals surface area contributed by atoms with Gasteiger partial charge in [0.15, 0.2) is 0 Å². The summed E-state index contributed by atoms with van der Waals surface area (Å²) in [7, 11) is 0. The highest BCUT2D eigenvalue weighted by atomic mass is 15.2. The third kappa shape index (κ3) is 2.30. The van der Waals surface area contributed by atoms with Crippen molar-refractivity contribution in [2.45, 2.75) is 25.4 Å². The smallest absolute Gasteiger partial charge is 0.101 e. The van der Waals surface area contributed by atoms with E-state index >= 15 is 0 Å². The van der Waals surface area contributed by atoms with E-state index in [1.807, 2.05) is 24.3 Å². The van der Waals surface area contributed by atoms with E-state index in [-0.39, 0.29) is 12.1 Å². The second kappa shape index (κ2) is 5.53. The molecule has 1 aliphatic rings. The average molecular weight is 240 g/mol. The van der Waals surface area contributed by atoms with Crippen molar-refractivity contribution in [2.24, 2.45) is 0 Å². The van der Waals surface area contributed by atoms with E-state index < -0.39 is 0 Å². The SMILES string of the molecule is CC1CNCC(CC#N)N1c1ccccc1C#N. The van der Waals surface area contributed by atoms with Crippen LogP contribution < -0.4 is 10.2 Å². The van der Waals surface area contributed by atoms with E-state index in [0.29, 0.717) is 12.0 Å². The van der Waals surface area contributed by atoms with Gasteiger partial charge in [-0.3, -0.25) is 0 Å². The molecule has 2 atom stereocenters. The maximum Gasteiger partial charge on any atom is 0.101 e. The molecule has 1 aromatic rings. The van der Waals surface area contributed by atoms with Crippen molar-refractivity contribution >= 4 is 5.69 Å². The van der Waals surface area contributed by atoms with Crippen molar-refractivity contribution in [1.82, 2.24) is 5.32 Å². The fourth-order valence-electron chi connectivity index (χ4n) is 2.52. The molecule has 1 saturated heterocycles. The van der Waals surface area contributed by atoms with Crippen molar-refractivity contribution in [1.29, 1.82) is 10.5 Å². The van der Waals surface area contributed by atoms with Crippen LogP contribution in [0.15, 0.2) is 24.3 Å². The lowest BCUT2D eigenvalue weighted by Gasteiger charge is -2.42. The van der Waals surface area contributed by atoms with Gasteiger partial charge in [-0.05, 0) is 19.1 Å². The van der Waals surface area contributed by atoms with Gasteiger partial charge >= 0.3 is 0 Å². The van der Waals surface area contributed by atoms with Gasteiger partial charge in [0.05, 0.1) is 29.8 Å². The van der Waals surface area contributed by atoms with Crippen LogP contribution in [0.5, 0.6) is 0 Å². The lowest BCUT2D eigenvalue weighted by atomic mass is 10.0. The van der Waals surface area contributed by atoms with E-state index in [2.05, 4.69) is 29.3 Å². The second-order valence-electron chi connectivity index (χ2n) is 4.56. The Balaban J connectivity index is 2.38. The zero-order valence-corrected chi connectivity index (χ0v) is 10.4.